The van der Waals surface area contributed by atoms with E-state index in [2.05, 4.69) is 27.5 Å². The van der Waals surface area contributed by atoms with E-state index < -0.39 is 0 Å². The van der Waals surface area contributed by atoms with Crippen molar-refractivity contribution in [3.8, 4) is 0 Å². The van der Waals surface area contributed by atoms with Gasteiger partial charge in [0.15, 0.2) is 0 Å². The Kier molecular flexibility index (Phi) is 5.40. The molecule has 1 amide bonds. The molecule has 6 heteroatoms. The van der Waals surface area contributed by atoms with Gasteiger partial charge >= 0.3 is 0 Å². The van der Waals surface area contributed by atoms with Crippen LogP contribution in [0.4, 0.5) is 0 Å². The number of nitrogens with zero attached hydrogens (tertiary/aromatic N) is 2. The molecule has 0 radical (unpaired) electrons. The number of rotatable bonds is 3. The van der Waals surface area contributed by atoms with Crippen molar-refractivity contribution in [2.45, 2.75) is 6.42 Å². The Bertz CT molecular complexity index is 411. The molecular formula is C12H17IN2O2S. The van der Waals surface area contributed by atoms with Gasteiger partial charge in [0.05, 0.1) is 15.1 Å². The molecule has 4 nitrogen and oxygen atoms in total. The third kappa shape index (κ3) is 3.66. The fourth-order valence-electron chi connectivity index (χ4n) is 2.14. The molecule has 1 N–H and O–H groups in total. The Morgan fingerprint density at radius 2 is 2.22 bits per heavy atom. The van der Waals surface area contributed by atoms with Crippen LogP contribution in [0.3, 0.4) is 0 Å². The Hall–Kier alpha value is -0.180. The maximum atomic E-state index is 12.3. The number of hydrogen-bond acceptors (Lipinski definition) is 4. The zero-order valence-electron chi connectivity index (χ0n) is 10.1. The quantitative estimate of drug-likeness (QED) is 0.809. The number of carbonyl (C=O) groups is 1. The summed E-state index contributed by atoms with van der Waals surface area (Å²) in [5, 5.41) is 10.9. The van der Waals surface area contributed by atoms with Crippen LogP contribution in [-0.4, -0.2) is 60.1 Å². The first-order valence-corrected chi connectivity index (χ1v) is 8.03. The predicted molar refractivity (Wildman–Crippen MR) is 81.1 cm³/mol. The van der Waals surface area contributed by atoms with Crippen molar-refractivity contribution >= 4 is 39.8 Å². The summed E-state index contributed by atoms with van der Waals surface area (Å²) in [7, 11) is 0. The fraction of sp³-hybridized carbons (Fsp3) is 0.583. The molecule has 1 aliphatic rings. The molecule has 1 aromatic heterocycles. The van der Waals surface area contributed by atoms with E-state index >= 15 is 0 Å². The Balaban J connectivity index is 1.95. The summed E-state index contributed by atoms with van der Waals surface area (Å²) >= 11 is 3.84. The van der Waals surface area contributed by atoms with Crippen LogP contribution >= 0.6 is 33.9 Å². The standard InChI is InChI=1S/C12H17IN2O2S/c13-11-8-10(9-18-11)12(17)15-3-1-2-14(4-5-15)6-7-16/h8-9,16H,1-7H2. The first-order chi connectivity index (χ1) is 8.70. The molecule has 0 bridgehead atoms. The van der Waals surface area contributed by atoms with E-state index in [1.54, 1.807) is 11.3 Å². The van der Waals surface area contributed by atoms with Crippen molar-refractivity contribution in [2.75, 3.05) is 39.3 Å². The molecular weight excluding hydrogens is 363 g/mol. The third-order valence-electron chi connectivity index (χ3n) is 3.11. The van der Waals surface area contributed by atoms with Crippen LogP contribution in [0.5, 0.6) is 0 Å². The second-order valence-electron chi connectivity index (χ2n) is 4.35. The molecule has 0 atom stereocenters. The normalized spacial score (nSPS) is 17.8. The van der Waals surface area contributed by atoms with Gasteiger partial charge in [-0.15, -0.1) is 11.3 Å². The Morgan fingerprint density at radius 1 is 1.39 bits per heavy atom. The molecule has 18 heavy (non-hydrogen) atoms. The maximum absolute atomic E-state index is 12.3. The van der Waals surface area contributed by atoms with E-state index in [0.717, 1.165) is 41.0 Å². The van der Waals surface area contributed by atoms with Gasteiger partial charge in [0.2, 0.25) is 0 Å². The average molecular weight is 380 g/mol. The lowest BCUT2D eigenvalue weighted by molar-refractivity contribution is 0.0761. The van der Waals surface area contributed by atoms with E-state index in [1.165, 1.54) is 0 Å². The molecule has 2 rings (SSSR count). The van der Waals surface area contributed by atoms with Crippen molar-refractivity contribution in [1.82, 2.24) is 9.80 Å². The van der Waals surface area contributed by atoms with Crippen LogP contribution < -0.4 is 0 Å². The average Bonchev–Trinajstić information content (AvgIpc) is 2.65. The molecule has 1 aromatic rings. The van der Waals surface area contributed by atoms with E-state index in [0.29, 0.717) is 6.54 Å². The van der Waals surface area contributed by atoms with Gasteiger partial charge in [0.1, 0.15) is 0 Å². The van der Waals surface area contributed by atoms with Crippen LogP contribution in [0, 0.1) is 2.88 Å². The van der Waals surface area contributed by atoms with Crippen molar-refractivity contribution < 1.29 is 9.90 Å². The number of aliphatic hydroxyl groups is 1. The van der Waals surface area contributed by atoms with E-state index in [4.69, 9.17) is 5.11 Å². The van der Waals surface area contributed by atoms with Crippen LogP contribution in [0.25, 0.3) is 0 Å². The molecule has 0 saturated carbocycles. The van der Waals surface area contributed by atoms with E-state index in [1.807, 2.05) is 16.3 Å². The summed E-state index contributed by atoms with van der Waals surface area (Å²) in [6.45, 7) is 4.28. The minimum Gasteiger partial charge on any atom is -0.395 e. The van der Waals surface area contributed by atoms with Gasteiger partial charge in [0.25, 0.3) is 5.91 Å². The predicted octanol–water partition coefficient (Wildman–Crippen LogP) is 1.49. The lowest BCUT2D eigenvalue weighted by atomic mass is 10.3. The van der Waals surface area contributed by atoms with Crippen LogP contribution in [0.1, 0.15) is 16.8 Å². The number of halogens is 1. The lowest BCUT2D eigenvalue weighted by Gasteiger charge is -2.21. The molecule has 100 valence electrons. The molecule has 1 aliphatic heterocycles. The fourth-order valence-corrected chi connectivity index (χ4v) is 3.46. The van der Waals surface area contributed by atoms with Gasteiger partial charge in [-0.05, 0) is 41.6 Å². The van der Waals surface area contributed by atoms with Gasteiger partial charge in [-0.25, -0.2) is 0 Å². The third-order valence-corrected chi connectivity index (χ3v) is 4.90. The lowest BCUT2D eigenvalue weighted by Crippen LogP contribution is -2.35. The molecule has 2 heterocycles. The highest BCUT2D eigenvalue weighted by Gasteiger charge is 2.20. The number of β-amino-alcohol motifs (C(OH)–C–C–N with tert-alkyl or cyclic N) is 1. The molecule has 1 saturated heterocycles. The van der Waals surface area contributed by atoms with Crippen molar-refractivity contribution in [1.29, 1.82) is 0 Å². The highest BCUT2D eigenvalue weighted by atomic mass is 127. The van der Waals surface area contributed by atoms with E-state index in [-0.39, 0.29) is 12.5 Å². The van der Waals surface area contributed by atoms with Crippen molar-refractivity contribution in [3.63, 3.8) is 0 Å². The highest BCUT2D eigenvalue weighted by Crippen LogP contribution is 2.18. The molecule has 0 unspecified atom stereocenters. The van der Waals surface area contributed by atoms with Gasteiger partial charge in [0, 0.05) is 31.6 Å². The largest absolute Gasteiger partial charge is 0.395 e. The van der Waals surface area contributed by atoms with Crippen molar-refractivity contribution in [3.05, 3.63) is 19.9 Å². The van der Waals surface area contributed by atoms with Gasteiger partial charge in [-0.1, -0.05) is 0 Å². The summed E-state index contributed by atoms with van der Waals surface area (Å²) in [6, 6.07) is 1.95. The van der Waals surface area contributed by atoms with Gasteiger partial charge in [-0.3, -0.25) is 9.69 Å². The number of amides is 1. The van der Waals surface area contributed by atoms with Gasteiger partial charge in [-0.2, -0.15) is 0 Å². The second-order valence-corrected chi connectivity index (χ2v) is 7.16. The number of carbonyl (C=O) groups excluding carboxylic acids is 1. The maximum Gasteiger partial charge on any atom is 0.254 e. The summed E-state index contributed by atoms with van der Waals surface area (Å²) < 4.78 is 1.15. The topological polar surface area (TPSA) is 43.8 Å². The molecule has 1 fully saturated rings. The minimum atomic E-state index is 0.139. The molecule has 0 aliphatic carbocycles. The first kappa shape index (κ1) is 14.2. The molecule has 0 spiro atoms. The monoisotopic (exact) mass is 380 g/mol. The zero-order valence-corrected chi connectivity index (χ0v) is 13.1. The summed E-state index contributed by atoms with van der Waals surface area (Å²) in [5.74, 6) is 0.139. The first-order valence-electron chi connectivity index (χ1n) is 6.07. The van der Waals surface area contributed by atoms with Crippen LogP contribution in [0.2, 0.25) is 0 Å². The van der Waals surface area contributed by atoms with Gasteiger partial charge < -0.3 is 10.0 Å². The Labute approximate surface area is 125 Å². The number of thiophene rings is 1. The van der Waals surface area contributed by atoms with Crippen LogP contribution in [0.15, 0.2) is 11.4 Å². The smallest absolute Gasteiger partial charge is 0.254 e. The van der Waals surface area contributed by atoms with Crippen LogP contribution in [-0.2, 0) is 0 Å². The minimum absolute atomic E-state index is 0.139. The van der Waals surface area contributed by atoms with E-state index in [9.17, 15) is 4.79 Å². The second kappa shape index (κ2) is 6.83. The molecule has 0 aromatic carbocycles. The highest BCUT2D eigenvalue weighted by molar-refractivity contribution is 14.1. The summed E-state index contributed by atoms with van der Waals surface area (Å²) in [4.78, 5) is 16.4. The SMILES string of the molecule is O=C(c1csc(I)c1)N1CCCN(CCO)CC1. The number of hydrogen-bond donors (Lipinski definition) is 1. The number of aliphatic hydroxyl groups excluding tert-OH is 1. The zero-order chi connectivity index (χ0) is 13.0. The van der Waals surface area contributed by atoms with Crippen molar-refractivity contribution in [2.24, 2.45) is 0 Å². The summed E-state index contributed by atoms with van der Waals surface area (Å²) in [5.41, 5.74) is 0.806. The Morgan fingerprint density at radius 3 is 2.89 bits per heavy atom. The summed E-state index contributed by atoms with van der Waals surface area (Å²) in [6.07, 6.45) is 0.979.